The van der Waals surface area contributed by atoms with Gasteiger partial charge >= 0.3 is 5.69 Å². The summed E-state index contributed by atoms with van der Waals surface area (Å²) in [4.78, 5) is 30.9. The van der Waals surface area contributed by atoms with E-state index >= 15 is 0 Å². The van der Waals surface area contributed by atoms with Gasteiger partial charge in [0, 0.05) is 28.2 Å². The van der Waals surface area contributed by atoms with Crippen LogP contribution in [0, 0.1) is 0 Å². The van der Waals surface area contributed by atoms with Gasteiger partial charge in [-0.1, -0.05) is 29.8 Å². The predicted octanol–water partition coefficient (Wildman–Crippen LogP) is 2.60. The van der Waals surface area contributed by atoms with Gasteiger partial charge in [0.25, 0.3) is 5.56 Å². The lowest BCUT2D eigenvalue weighted by Gasteiger charge is -2.25. The molecule has 0 fully saturated rings. The molecule has 146 valence electrons. The molecule has 29 heavy (non-hydrogen) atoms. The van der Waals surface area contributed by atoms with E-state index in [0.29, 0.717) is 17.3 Å². The number of benzene rings is 2. The lowest BCUT2D eigenvalue weighted by molar-refractivity contribution is 0.410. The third-order valence-electron chi connectivity index (χ3n) is 5.35. The van der Waals surface area contributed by atoms with E-state index in [0.717, 1.165) is 33.1 Å². The highest BCUT2D eigenvalue weighted by Crippen LogP contribution is 2.35. The molecule has 0 bridgehead atoms. The molecule has 0 amide bonds. The predicted molar refractivity (Wildman–Crippen MR) is 111 cm³/mol. The van der Waals surface area contributed by atoms with E-state index in [4.69, 9.17) is 11.6 Å². The first kappa shape index (κ1) is 17.8. The minimum atomic E-state index is -0.716. The van der Waals surface area contributed by atoms with Crippen molar-refractivity contribution in [2.45, 2.75) is 12.5 Å². The van der Waals surface area contributed by atoms with Crippen LogP contribution in [0.3, 0.4) is 0 Å². The summed E-state index contributed by atoms with van der Waals surface area (Å²) in [6.07, 6.45) is 0.797. The first-order valence-electron chi connectivity index (χ1n) is 9.21. The number of rotatable bonds is 2. The molecule has 1 atom stereocenters. The second-order valence-electron chi connectivity index (χ2n) is 7.01. The van der Waals surface area contributed by atoms with Crippen LogP contribution >= 0.6 is 11.6 Å². The number of hydrogen-bond donors (Lipinski definition) is 4. The summed E-state index contributed by atoms with van der Waals surface area (Å²) < 4.78 is 1.08. The Balaban J connectivity index is 1.74. The minimum Gasteiger partial charge on any atom is -0.494 e. The van der Waals surface area contributed by atoms with E-state index in [-0.39, 0.29) is 5.56 Å². The van der Waals surface area contributed by atoms with Crippen LogP contribution in [0.5, 0.6) is 5.88 Å². The lowest BCUT2D eigenvalue weighted by Crippen LogP contribution is -2.38. The maximum Gasteiger partial charge on any atom is 0.335 e. The van der Waals surface area contributed by atoms with Gasteiger partial charge < -0.3 is 15.4 Å². The summed E-state index contributed by atoms with van der Waals surface area (Å²) in [5, 5.41) is 15.9. The van der Waals surface area contributed by atoms with Crippen LogP contribution in [-0.4, -0.2) is 26.2 Å². The lowest BCUT2D eigenvalue weighted by atomic mass is 9.95. The third-order valence-corrected chi connectivity index (χ3v) is 5.61. The molecule has 0 saturated carbocycles. The Labute approximate surface area is 169 Å². The number of nitrogens with zero attached hydrogens (tertiary/aromatic N) is 1. The zero-order valence-electron chi connectivity index (χ0n) is 15.2. The Kier molecular flexibility index (Phi) is 4.08. The first-order chi connectivity index (χ1) is 14.0. The van der Waals surface area contributed by atoms with Crippen molar-refractivity contribution in [2.24, 2.45) is 0 Å². The summed E-state index contributed by atoms with van der Waals surface area (Å²) in [7, 11) is 0. The van der Waals surface area contributed by atoms with E-state index in [9.17, 15) is 14.7 Å². The number of aromatic amines is 2. The fraction of sp³-hybridized carbons (Fsp3) is 0.143. The molecule has 0 radical (unpaired) electrons. The number of halogens is 1. The molecular weight excluding hydrogens is 392 g/mol. The van der Waals surface area contributed by atoms with Crippen LogP contribution in [0.25, 0.3) is 16.6 Å². The number of aromatic nitrogens is 3. The van der Waals surface area contributed by atoms with Crippen molar-refractivity contribution in [3.63, 3.8) is 0 Å². The SMILES string of the molecule is O=c1[nH]c(=O)n(-c2ccc(Cl)cc2)c(O)c1[C@@H]1NCCc2c1[nH]c1ccccc21. The summed E-state index contributed by atoms with van der Waals surface area (Å²) in [6, 6.07) is 13.8. The number of H-pyrrole nitrogens is 2. The van der Waals surface area contributed by atoms with Crippen molar-refractivity contribution in [1.82, 2.24) is 19.9 Å². The van der Waals surface area contributed by atoms with Gasteiger partial charge in [-0.2, -0.15) is 0 Å². The molecule has 2 aromatic carbocycles. The summed E-state index contributed by atoms with van der Waals surface area (Å²) >= 11 is 5.93. The van der Waals surface area contributed by atoms with Crippen LogP contribution in [-0.2, 0) is 6.42 Å². The maximum atomic E-state index is 12.7. The Hall–Kier alpha value is -3.29. The molecule has 1 aliphatic rings. The average molecular weight is 409 g/mol. The zero-order valence-corrected chi connectivity index (χ0v) is 16.0. The quantitative estimate of drug-likeness (QED) is 0.409. The molecule has 3 heterocycles. The Morgan fingerprint density at radius 3 is 2.59 bits per heavy atom. The standard InChI is InChI=1S/C21H17ClN4O3/c22-11-5-7-12(8-6-11)26-20(28)16(19(27)25-21(26)29)18-17-14(9-10-23-18)13-3-1-2-4-15(13)24-17/h1-8,18,23-24,28H,9-10H2,(H,25,27,29)/t18-/m0/s1. The smallest absolute Gasteiger partial charge is 0.335 e. The topological polar surface area (TPSA) is 103 Å². The number of hydrogen-bond acceptors (Lipinski definition) is 4. The monoisotopic (exact) mass is 408 g/mol. The van der Waals surface area contributed by atoms with Gasteiger partial charge in [-0.05, 0) is 42.3 Å². The fourth-order valence-corrected chi connectivity index (χ4v) is 4.18. The highest BCUT2D eigenvalue weighted by Gasteiger charge is 2.31. The molecule has 0 aliphatic carbocycles. The van der Waals surface area contributed by atoms with Gasteiger partial charge in [-0.3, -0.25) is 9.78 Å². The number of fused-ring (bicyclic) bond motifs is 3. The number of para-hydroxylation sites is 1. The summed E-state index contributed by atoms with van der Waals surface area (Å²) in [6.45, 7) is 0.637. The number of aromatic hydroxyl groups is 1. The molecule has 0 spiro atoms. The van der Waals surface area contributed by atoms with E-state index in [1.807, 2.05) is 24.3 Å². The molecule has 8 heteroatoms. The Morgan fingerprint density at radius 2 is 1.79 bits per heavy atom. The largest absolute Gasteiger partial charge is 0.494 e. The van der Waals surface area contributed by atoms with Crippen molar-refractivity contribution in [1.29, 1.82) is 0 Å². The van der Waals surface area contributed by atoms with Crippen LogP contribution in [0.1, 0.15) is 22.9 Å². The van der Waals surface area contributed by atoms with Gasteiger partial charge in [-0.15, -0.1) is 0 Å². The van der Waals surface area contributed by atoms with E-state index in [1.54, 1.807) is 24.3 Å². The molecule has 2 aromatic heterocycles. The van der Waals surface area contributed by atoms with Crippen LogP contribution in [0.15, 0.2) is 58.1 Å². The minimum absolute atomic E-state index is 0.0899. The fourth-order valence-electron chi connectivity index (χ4n) is 4.06. The second-order valence-corrected chi connectivity index (χ2v) is 7.44. The molecule has 4 aromatic rings. The molecular formula is C21H17ClN4O3. The normalized spacial score (nSPS) is 16.1. The highest BCUT2D eigenvalue weighted by atomic mass is 35.5. The third kappa shape index (κ3) is 2.78. The maximum absolute atomic E-state index is 12.7. The van der Waals surface area contributed by atoms with Gasteiger partial charge in [-0.25, -0.2) is 9.36 Å². The van der Waals surface area contributed by atoms with E-state index in [2.05, 4.69) is 15.3 Å². The van der Waals surface area contributed by atoms with Gasteiger partial charge in [0.15, 0.2) is 0 Å². The van der Waals surface area contributed by atoms with Crippen LogP contribution in [0.4, 0.5) is 0 Å². The summed E-state index contributed by atoms with van der Waals surface area (Å²) in [5.41, 5.74) is 2.04. The van der Waals surface area contributed by atoms with Crippen molar-refractivity contribution in [2.75, 3.05) is 6.54 Å². The molecule has 7 nitrogen and oxygen atoms in total. The van der Waals surface area contributed by atoms with Crippen molar-refractivity contribution in [3.8, 4) is 11.6 Å². The van der Waals surface area contributed by atoms with E-state index < -0.39 is 23.2 Å². The van der Waals surface area contributed by atoms with Crippen molar-refractivity contribution in [3.05, 3.63) is 91.2 Å². The first-order valence-corrected chi connectivity index (χ1v) is 9.59. The van der Waals surface area contributed by atoms with E-state index in [1.165, 1.54) is 0 Å². The van der Waals surface area contributed by atoms with Crippen LogP contribution in [0.2, 0.25) is 5.02 Å². The average Bonchev–Trinajstić information content (AvgIpc) is 3.09. The Morgan fingerprint density at radius 1 is 1.03 bits per heavy atom. The van der Waals surface area contributed by atoms with Gasteiger partial charge in [0.05, 0.1) is 11.7 Å². The van der Waals surface area contributed by atoms with Gasteiger partial charge in [0.2, 0.25) is 5.88 Å². The van der Waals surface area contributed by atoms with Crippen molar-refractivity contribution < 1.29 is 5.11 Å². The second kappa shape index (κ2) is 6.65. The molecule has 0 saturated heterocycles. The zero-order chi connectivity index (χ0) is 20.1. The van der Waals surface area contributed by atoms with Gasteiger partial charge in [0.1, 0.15) is 5.56 Å². The highest BCUT2D eigenvalue weighted by molar-refractivity contribution is 6.30. The summed E-state index contributed by atoms with van der Waals surface area (Å²) in [5.74, 6) is -0.398. The molecule has 5 rings (SSSR count). The molecule has 0 unspecified atom stereocenters. The van der Waals surface area contributed by atoms with Crippen molar-refractivity contribution >= 4 is 22.5 Å². The Bertz CT molecular complexity index is 1350. The molecule has 4 N–H and O–H groups in total. The molecule has 1 aliphatic heterocycles. The number of nitrogens with one attached hydrogen (secondary N) is 3. The van der Waals surface area contributed by atoms with Crippen LogP contribution < -0.4 is 16.6 Å².